The van der Waals surface area contributed by atoms with Gasteiger partial charge in [-0.1, -0.05) is 148 Å². The van der Waals surface area contributed by atoms with E-state index in [-0.39, 0.29) is 11.3 Å². The Kier molecular flexibility index (Phi) is 15.4. The average molecular weight is 642 g/mol. The fraction of sp³-hybridized carbons (Fsp3) is 0.667. The molecule has 2 heterocycles. The monoisotopic (exact) mass is 641 g/mol. The van der Waals surface area contributed by atoms with E-state index in [0.717, 1.165) is 30.5 Å². The third kappa shape index (κ3) is 11.8. The van der Waals surface area contributed by atoms with Crippen molar-refractivity contribution in [2.24, 2.45) is 5.92 Å². The highest BCUT2D eigenvalue weighted by Gasteiger charge is 2.28. The van der Waals surface area contributed by atoms with Gasteiger partial charge < -0.3 is 10.1 Å². The van der Waals surface area contributed by atoms with Crippen LogP contribution in [-0.2, 0) is 19.7 Å². The molecule has 0 aliphatic heterocycles. The van der Waals surface area contributed by atoms with Gasteiger partial charge in [0.25, 0.3) is 0 Å². The van der Waals surface area contributed by atoms with E-state index in [1.807, 2.05) is 19.1 Å². The molecule has 1 amide bonds. The van der Waals surface area contributed by atoms with E-state index in [1.165, 1.54) is 70.6 Å². The quantitative estimate of drug-likeness (QED) is 0.0684. The molecule has 0 saturated heterocycles. The molecule has 0 saturated carbocycles. The molecular formula is C36H56ClN5O3. The van der Waals surface area contributed by atoms with E-state index in [9.17, 15) is 9.59 Å². The number of hydrogen-bond donors (Lipinski definition) is 2. The number of nitrogens with one attached hydrogen (secondary N) is 2. The zero-order chi connectivity index (χ0) is 32.7. The zero-order valence-corrected chi connectivity index (χ0v) is 29.1. The second-order valence-corrected chi connectivity index (χ2v) is 13.8. The number of esters is 1. The smallest absolute Gasteiger partial charge is 0.318 e. The van der Waals surface area contributed by atoms with Crippen LogP contribution in [0.5, 0.6) is 0 Å². The van der Waals surface area contributed by atoms with Gasteiger partial charge in [0.2, 0.25) is 5.91 Å². The van der Waals surface area contributed by atoms with E-state index in [2.05, 4.69) is 48.2 Å². The molecule has 0 spiro atoms. The molecule has 2 N–H and O–H groups in total. The highest BCUT2D eigenvalue weighted by Crippen LogP contribution is 2.32. The molecule has 3 rings (SSSR count). The van der Waals surface area contributed by atoms with Gasteiger partial charge in [-0.05, 0) is 25.0 Å². The van der Waals surface area contributed by atoms with Crippen LogP contribution in [0.25, 0.3) is 17.0 Å². The lowest BCUT2D eigenvalue weighted by Crippen LogP contribution is -2.31. The Bertz CT molecular complexity index is 1330. The van der Waals surface area contributed by atoms with Crippen LogP contribution in [0.2, 0.25) is 5.02 Å². The number of H-pyrrole nitrogens is 1. The Morgan fingerprint density at radius 1 is 0.911 bits per heavy atom. The van der Waals surface area contributed by atoms with Gasteiger partial charge in [-0.3, -0.25) is 14.7 Å². The van der Waals surface area contributed by atoms with Crippen molar-refractivity contribution in [1.29, 1.82) is 0 Å². The summed E-state index contributed by atoms with van der Waals surface area (Å²) >= 11 is 6.59. The van der Waals surface area contributed by atoms with Gasteiger partial charge in [-0.25, -0.2) is 4.98 Å². The summed E-state index contributed by atoms with van der Waals surface area (Å²) in [5.41, 5.74) is 2.54. The number of carbonyl (C=O) groups excluding carboxylic acids is 2. The van der Waals surface area contributed by atoms with Gasteiger partial charge in [0.05, 0.1) is 12.3 Å². The topological polar surface area (TPSA) is 101 Å². The molecule has 8 nitrogen and oxygen atoms in total. The van der Waals surface area contributed by atoms with Crippen molar-refractivity contribution in [3.63, 3.8) is 0 Å². The molecule has 3 aromatic rings. The van der Waals surface area contributed by atoms with Gasteiger partial charge in [0.1, 0.15) is 10.9 Å². The van der Waals surface area contributed by atoms with Crippen molar-refractivity contribution in [3.05, 3.63) is 35.0 Å². The summed E-state index contributed by atoms with van der Waals surface area (Å²) < 4.78 is 7.12. The average Bonchev–Trinajstić information content (AvgIpc) is 3.57. The lowest BCUT2D eigenvalue weighted by Gasteiger charge is -2.16. The summed E-state index contributed by atoms with van der Waals surface area (Å²) in [6.07, 6.45) is 19.0. The van der Waals surface area contributed by atoms with Crippen molar-refractivity contribution in [1.82, 2.24) is 19.8 Å². The van der Waals surface area contributed by atoms with Crippen molar-refractivity contribution >= 4 is 34.8 Å². The van der Waals surface area contributed by atoms with E-state index in [1.54, 1.807) is 16.8 Å². The Labute approximate surface area is 275 Å². The van der Waals surface area contributed by atoms with Crippen LogP contribution < -0.4 is 5.32 Å². The molecule has 9 heteroatoms. The summed E-state index contributed by atoms with van der Waals surface area (Å²) in [5.74, 6) is -1.17. The molecule has 45 heavy (non-hydrogen) atoms. The van der Waals surface area contributed by atoms with Crippen LogP contribution in [0.1, 0.15) is 143 Å². The number of amides is 1. The maximum absolute atomic E-state index is 13.2. The summed E-state index contributed by atoms with van der Waals surface area (Å²) in [6, 6.07) is 7.29. The van der Waals surface area contributed by atoms with Crippen molar-refractivity contribution in [2.75, 3.05) is 11.9 Å². The molecular weight excluding hydrogens is 586 g/mol. The number of fused-ring (bicyclic) bond motifs is 1. The molecule has 1 atom stereocenters. The number of hydrogen-bond acceptors (Lipinski definition) is 5. The molecule has 0 radical (unpaired) electrons. The Balaban J connectivity index is 1.39. The van der Waals surface area contributed by atoms with Gasteiger partial charge in [0, 0.05) is 16.7 Å². The van der Waals surface area contributed by atoms with E-state index >= 15 is 0 Å². The van der Waals surface area contributed by atoms with E-state index in [0.29, 0.717) is 41.6 Å². The fourth-order valence-corrected chi connectivity index (χ4v) is 6.05. The minimum Gasteiger partial charge on any atom is -0.465 e. The van der Waals surface area contributed by atoms with Crippen LogP contribution >= 0.6 is 11.6 Å². The SMILES string of the molecule is CCCCCCCCCCCCCCCCOC(=O)C(CCC)C(=O)Nc1cccc(-c2nc3c(Cl)c(C(C)(C)C)[nH]n3n2)c1. The number of unbranched alkanes of at least 4 members (excludes halogenated alkanes) is 13. The zero-order valence-electron chi connectivity index (χ0n) is 28.4. The Morgan fingerprint density at radius 2 is 1.51 bits per heavy atom. The van der Waals surface area contributed by atoms with Crippen LogP contribution in [0.3, 0.4) is 0 Å². The molecule has 0 fully saturated rings. The minimum absolute atomic E-state index is 0.174. The Hall–Kier alpha value is -2.87. The molecule has 0 aliphatic rings. The number of benzene rings is 1. The number of nitrogens with zero attached hydrogens (tertiary/aromatic N) is 3. The third-order valence-corrected chi connectivity index (χ3v) is 8.66. The first kappa shape index (κ1) is 36.6. The van der Waals surface area contributed by atoms with E-state index < -0.39 is 11.9 Å². The van der Waals surface area contributed by atoms with Crippen LogP contribution in [-0.4, -0.2) is 38.3 Å². The predicted octanol–water partition coefficient (Wildman–Crippen LogP) is 10.1. The summed E-state index contributed by atoms with van der Waals surface area (Å²) in [7, 11) is 0. The number of aromatic nitrogens is 4. The highest BCUT2D eigenvalue weighted by molar-refractivity contribution is 6.34. The van der Waals surface area contributed by atoms with Gasteiger partial charge in [0.15, 0.2) is 11.5 Å². The van der Waals surface area contributed by atoms with E-state index in [4.69, 9.17) is 16.3 Å². The lowest BCUT2D eigenvalue weighted by molar-refractivity contribution is -0.151. The summed E-state index contributed by atoms with van der Waals surface area (Å²) in [6.45, 7) is 10.8. The first-order valence-corrected chi connectivity index (χ1v) is 17.8. The minimum atomic E-state index is -0.844. The maximum atomic E-state index is 13.2. The Morgan fingerprint density at radius 3 is 2.07 bits per heavy atom. The number of rotatable bonds is 21. The first-order chi connectivity index (χ1) is 21.7. The lowest BCUT2D eigenvalue weighted by atomic mass is 9.92. The molecule has 0 bridgehead atoms. The number of ether oxygens (including phenoxy) is 1. The van der Waals surface area contributed by atoms with Gasteiger partial charge in [-0.15, -0.1) is 5.10 Å². The molecule has 1 unspecified atom stereocenters. The normalized spacial score (nSPS) is 12.5. The predicted molar refractivity (Wildman–Crippen MR) is 185 cm³/mol. The maximum Gasteiger partial charge on any atom is 0.318 e. The second-order valence-electron chi connectivity index (χ2n) is 13.4. The third-order valence-electron chi connectivity index (χ3n) is 8.30. The highest BCUT2D eigenvalue weighted by atomic mass is 35.5. The molecule has 0 aliphatic carbocycles. The molecule has 2 aromatic heterocycles. The van der Waals surface area contributed by atoms with Crippen molar-refractivity contribution in [3.8, 4) is 11.4 Å². The van der Waals surface area contributed by atoms with Crippen LogP contribution in [0.4, 0.5) is 5.69 Å². The van der Waals surface area contributed by atoms with Crippen LogP contribution in [0, 0.1) is 5.92 Å². The largest absolute Gasteiger partial charge is 0.465 e. The summed E-state index contributed by atoms with van der Waals surface area (Å²) in [4.78, 5) is 30.6. The number of halogens is 1. The van der Waals surface area contributed by atoms with Crippen molar-refractivity contribution < 1.29 is 14.3 Å². The van der Waals surface area contributed by atoms with Crippen molar-refractivity contribution in [2.45, 2.75) is 143 Å². The number of aromatic amines is 1. The first-order valence-electron chi connectivity index (χ1n) is 17.4. The molecule has 250 valence electrons. The number of carbonyl (C=O) groups is 2. The molecule has 1 aromatic carbocycles. The van der Waals surface area contributed by atoms with Gasteiger partial charge >= 0.3 is 5.97 Å². The van der Waals surface area contributed by atoms with Gasteiger partial charge in [-0.2, -0.15) is 4.63 Å². The standard InChI is InChI=1S/C36H56ClN5O3/c1-6-8-9-10-11-12-13-14-15-16-17-18-19-20-25-45-35(44)29(22-7-2)34(43)38-28-24-21-23-27(26-28)32-39-33-30(37)31(36(3,4)5)40-42(33)41-32/h21,23-24,26,29,40H,6-20,22,25H2,1-5H3,(H,38,43). The second kappa shape index (κ2) is 18.9. The summed E-state index contributed by atoms with van der Waals surface area (Å²) in [5, 5.41) is 11.2. The number of anilines is 1. The van der Waals surface area contributed by atoms with Crippen LogP contribution in [0.15, 0.2) is 24.3 Å². The fourth-order valence-electron chi connectivity index (χ4n) is 5.60.